The molecule has 0 aliphatic carbocycles. The summed E-state index contributed by atoms with van der Waals surface area (Å²) in [5.41, 5.74) is 1.61. The molecule has 0 fully saturated rings. The average Bonchev–Trinajstić information content (AvgIpc) is 2.63. The van der Waals surface area contributed by atoms with Crippen LogP contribution in [0, 0.1) is 6.92 Å². The van der Waals surface area contributed by atoms with Crippen molar-refractivity contribution in [2.75, 3.05) is 6.61 Å². The van der Waals surface area contributed by atoms with Crippen molar-refractivity contribution >= 4 is 35.0 Å². The lowest BCUT2D eigenvalue weighted by Gasteiger charge is -2.31. The number of carbonyl (C=O) groups is 2. The molecule has 0 aliphatic rings. The molecule has 0 unspecified atom stereocenters. The first-order valence-corrected chi connectivity index (χ1v) is 10.5. The summed E-state index contributed by atoms with van der Waals surface area (Å²) in [6.45, 7) is 9.43. The third-order valence-electron chi connectivity index (χ3n) is 4.35. The van der Waals surface area contributed by atoms with Gasteiger partial charge in [-0.15, -0.1) is 0 Å². The summed E-state index contributed by atoms with van der Waals surface area (Å²) >= 11 is 12.0. The second-order valence-electron chi connectivity index (χ2n) is 8.29. The largest absolute Gasteiger partial charge is 0.482 e. The normalized spacial score (nSPS) is 12.2. The Balaban J connectivity index is 2.20. The van der Waals surface area contributed by atoms with Crippen molar-refractivity contribution in [2.24, 2.45) is 0 Å². The molecule has 2 amide bonds. The summed E-state index contributed by atoms with van der Waals surface area (Å²) in [7, 11) is 0. The van der Waals surface area contributed by atoms with Crippen LogP contribution >= 0.6 is 23.2 Å². The number of carbonyl (C=O) groups excluding carboxylic acids is 2. The van der Waals surface area contributed by atoms with Gasteiger partial charge in [0.2, 0.25) is 5.91 Å². The predicted molar refractivity (Wildman–Crippen MR) is 121 cm³/mol. The summed E-state index contributed by atoms with van der Waals surface area (Å²) in [6.07, 6.45) is 0. The van der Waals surface area contributed by atoms with Crippen molar-refractivity contribution in [3.8, 4) is 5.75 Å². The number of halogens is 2. The highest BCUT2D eigenvalue weighted by Crippen LogP contribution is 2.27. The number of hydrogen-bond acceptors (Lipinski definition) is 3. The van der Waals surface area contributed by atoms with Gasteiger partial charge in [-0.25, -0.2) is 0 Å². The van der Waals surface area contributed by atoms with Gasteiger partial charge in [-0.3, -0.25) is 9.59 Å². The summed E-state index contributed by atoms with van der Waals surface area (Å²) in [5.74, 6) is -0.191. The summed E-state index contributed by atoms with van der Waals surface area (Å²) in [6, 6.07) is 11.9. The van der Waals surface area contributed by atoms with Crippen LogP contribution in [0.25, 0.3) is 0 Å². The van der Waals surface area contributed by atoms with E-state index >= 15 is 0 Å². The number of nitrogens with zero attached hydrogens (tertiary/aromatic N) is 1. The molecule has 162 valence electrons. The first-order chi connectivity index (χ1) is 14.0. The van der Waals surface area contributed by atoms with Crippen molar-refractivity contribution in [2.45, 2.75) is 52.7 Å². The first kappa shape index (κ1) is 24.0. The van der Waals surface area contributed by atoms with E-state index in [1.165, 1.54) is 4.90 Å². The summed E-state index contributed by atoms with van der Waals surface area (Å²) in [4.78, 5) is 27.3. The topological polar surface area (TPSA) is 58.6 Å². The van der Waals surface area contributed by atoms with Crippen LogP contribution in [0.5, 0.6) is 5.75 Å². The van der Waals surface area contributed by atoms with E-state index in [0.29, 0.717) is 15.8 Å². The molecule has 0 aromatic heterocycles. The van der Waals surface area contributed by atoms with Gasteiger partial charge >= 0.3 is 0 Å². The predicted octanol–water partition coefficient (Wildman–Crippen LogP) is 5.01. The summed E-state index contributed by atoms with van der Waals surface area (Å²) in [5, 5.41) is 3.73. The van der Waals surface area contributed by atoms with Crippen LogP contribution in [0.15, 0.2) is 42.5 Å². The highest BCUT2D eigenvalue weighted by Gasteiger charge is 2.28. The first-order valence-electron chi connectivity index (χ1n) is 9.71. The minimum Gasteiger partial charge on any atom is -0.482 e. The number of nitrogens with one attached hydrogen (secondary N) is 1. The fourth-order valence-electron chi connectivity index (χ4n) is 2.88. The zero-order valence-corrected chi connectivity index (χ0v) is 19.5. The second-order valence-corrected chi connectivity index (χ2v) is 9.13. The van der Waals surface area contributed by atoms with Gasteiger partial charge in [-0.2, -0.15) is 0 Å². The van der Waals surface area contributed by atoms with Crippen molar-refractivity contribution in [3.05, 3.63) is 63.6 Å². The van der Waals surface area contributed by atoms with E-state index in [1.807, 2.05) is 52.0 Å². The molecule has 0 bridgehead atoms. The Kier molecular flexibility index (Phi) is 8.16. The zero-order chi connectivity index (χ0) is 22.5. The van der Waals surface area contributed by atoms with Crippen molar-refractivity contribution < 1.29 is 14.3 Å². The standard InChI is InChI=1S/C23H28Cl2N2O3/c1-15-7-6-8-17(11-15)13-27(16(2)22(29)26-23(3,4)5)21(28)14-30-20-10-9-18(24)12-19(20)25/h6-12,16H,13-14H2,1-5H3,(H,26,29)/t16-/m1/s1. The number of benzene rings is 2. The number of ether oxygens (including phenoxy) is 1. The van der Waals surface area contributed by atoms with E-state index in [4.69, 9.17) is 27.9 Å². The molecule has 2 aromatic carbocycles. The van der Waals surface area contributed by atoms with Crippen LogP contribution in [-0.4, -0.2) is 34.9 Å². The molecular formula is C23H28Cl2N2O3. The quantitative estimate of drug-likeness (QED) is 0.644. The van der Waals surface area contributed by atoms with Gasteiger partial charge in [0.05, 0.1) is 5.02 Å². The molecule has 7 heteroatoms. The molecule has 0 spiro atoms. The Morgan fingerprint density at radius 3 is 2.43 bits per heavy atom. The molecule has 0 aliphatic heterocycles. The Hall–Kier alpha value is -2.24. The number of aryl methyl sites for hydroxylation is 1. The second kappa shape index (κ2) is 10.2. The maximum atomic E-state index is 13.0. The monoisotopic (exact) mass is 450 g/mol. The lowest BCUT2D eigenvalue weighted by Crippen LogP contribution is -2.53. The van der Waals surface area contributed by atoms with Gasteiger partial charge in [0.1, 0.15) is 11.8 Å². The molecule has 0 heterocycles. The minimum absolute atomic E-state index is 0.229. The third-order valence-corrected chi connectivity index (χ3v) is 4.88. The molecule has 0 radical (unpaired) electrons. The lowest BCUT2D eigenvalue weighted by atomic mass is 10.1. The fraction of sp³-hybridized carbons (Fsp3) is 0.391. The molecule has 5 nitrogen and oxygen atoms in total. The fourth-order valence-corrected chi connectivity index (χ4v) is 3.34. The molecule has 2 rings (SSSR count). The van der Waals surface area contributed by atoms with E-state index in [0.717, 1.165) is 11.1 Å². The molecule has 1 N–H and O–H groups in total. The SMILES string of the molecule is Cc1cccc(CN(C(=O)COc2ccc(Cl)cc2Cl)[C@H](C)C(=O)NC(C)(C)C)c1. The van der Waals surface area contributed by atoms with Gasteiger partial charge in [-0.1, -0.05) is 53.0 Å². The van der Waals surface area contributed by atoms with Crippen LogP contribution in [0.1, 0.15) is 38.8 Å². The van der Waals surface area contributed by atoms with Crippen LogP contribution in [0.4, 0.5) is 0 Å². The van der Waals surface area contributed by atoms with Gasteiger partial charge in [-0.05, 0) is 58.4 Å². The van der Waals surface area contributed by atoms with E-state index in [-0.39, 0.29) is 25.0 Å². The van der Waals surface area contributed by atoms with Crippen molar-refractivity contribution in [1.82, 2.24) is 10.2 Å². The maximum absolute atomic E-state index is 13.0. The van der Waals surface area contributed by atoms with Crippen molar-refractivity contribution in [3.63, 3.8) is 0 Å². The van der Waals surface area contributed by atoms with E-state index in [1.54, 1.807) is 25.1 Å². The van der Waals surface area contributed by atoms with Crippen LogP contribution < -0.4 is 10.1 Å². The lowest BCUT2D eigenvalue weighted by molar-refractivity contribution is -0.142. The highest BCUT2D eigenvalue weighted by molar-refractivity contribution is 6.35. The Labute approximate surface area is 188 Å². The van der Waals surface area contributed by atoms with E-state index < -0.39 is 11.6 Å². The van der Waals surface area contributed by atoms with Crippen LogP contribution in [-0.2, 0) is 16.1 Å². The number of rotatable bonds is 7. The maximum Gasteiger partial charge on any atom is 0.261 e. The molecule has 0 saturated heterocycles. The average molecular weight is 451 g/mol. The zero-order valence-electron chi connectivity index (χ0n) is 18.0. The van der Waals surface area contributed by atoms with Crippen molar-refractivity contribution in [1.29, 1.82) is 0 Å². The summed E-state index contributed by atoms with van der Waals surface area (Å²) < 4.78 is 5.61. The molecule has 0 saturated carbocycles. The highest BCUT2D eigenvalue weighted by atomic mass is 35.5. The van der Waals surface area contributed by atoms with Crippen LogP contribution in [0.2, 0.25) is 10.0 Å². The Bertz CT molecular complexity index is 910. The molecular weight excluding hydrogens is 423 g/mol. The van der Waals surface area contributed by atoms with Gasteiger partial charge in [0, 0.05) is 17.1 Å². The van der Waals surface area contributed by atoms with E-state index in [2.05, 4.69) is 5.32 Å². The molecule has 1 atom stereocenters. The molecule has 30 heavy (non-hydrogen) atoms. The van der Waals surface area contributed by atoms with Gasteiger partial charge in [0.25, 0.3) is 5.91 Å². The Morgan fingerprint density at radius 1 is 1.13 bits per heavy atom. The van der Waals surface area contributed by atoms with Gasteiger partial charge < -0.3 is 15.0 Å². The van der Waals surface area contributed by atoms with E-state index in [9.17, 15) is 9.59 Å². The van der Waals surface area contributed by atoms with Gasteiger partial charge in [0.15, 0.2) is 6.61 Å². The van der Waals surface area contributed by atoms with Crippen LogP contribution in [0.3, 0.4) is 0 Å². The minimum atomic E-state index is -0.679. The number of hydrogen-bond donors (Lipinski definition) is 1. The molecule has 2 aromatic rings. The third kappa shape index (κ3) is 7.22. The smallest absolute Gasteiger partial charge is 0.261 e. The Morgan fingerprint density at radius 2 is 1.83 bits per heavy atom. The number of amides is 2.